The van der Waals surface area contributed by atoms with Crippen molar-refractivity contribution in [1.29, 1.82) is 0 Å². The summed E-state index contributed by atoms with van der Waals surface area (Å²) in [6.45, 7) is 8.21. The Labute approximate surface area is 114 Å². The molecular weight excluding hydrogens is 242 g/mol. The predicted molar refractivity (Wildman–Crippen MR) is 77.4 cm³/mol. The van der Waals surface area contributed by atoms with E-state index in [1.54, 1.807) is 0 Å². The maximum atomic E-state index is 11.6. The van der Waals surface area contributed by atoms with Gasteiger partial charge in [-0.15, -0.1) is 0 Å². The zero-order chi connectivity index (χ0) is 14.4. The fraction of sp³-hybridized carbons (Fsp3) is 0.615. The van der Waals surface area contributed by atoms with Crippen LogP contribution in [0.15, 0.2) is 6.33 Å². The summed E-state index contributed by atoms with van der Waals surface area (Å²) >= 11 is 0. The number of nitrogens with zero attached hydrogens (tertiary/aromatic N) is 2. The van der Waals surface area contributed by atoms with Gasteiger partial charge in [0.05, 0.1) is 6.54 Å². The van der Waals surface area contributed by atoms with Crippen molar-refractivity contribution in [2.45, 2.75) is 39.7 Å². The molecule has 0 aliphatic carbocycles. The minimum Gasteiger partial charge on any atom is -0.373 e. The van der Waals surface area contributed by atoms with E-state index in [2.05, 4.69) is 39.8 Å². The lowest BCUT2D eigenvalue weighted by molar-refractivity contribution is -0.119. The van der Waals surface area contributed by atoms with E-state index in [-0.39, 0.29) is 24.4 Å². The number of carbonyl (C=O) groups excluding carboxylic acids is 1. The second kappa shape index (κ2) is 6.92. The summed E-state index contributed by atoms with van der Waals surface area (Å²) < 4.78 is 0. The monoisotopic (exact) mass is 265 g/mol. The van der Waals surface area contributed by atoms with Gasteiger partial charge in [0.25, 0.3) is 0 Å². The molecular formula is C13H23N5O. The van der Waals surface area contributed by atoms with Gasteiger partial charge in [0.2, 0.25) is 5.91 Å². The van der Waals surface area contributed by atoms with Crippen molar-refractivity contribution < 1.29 is 4.79 Å². The minimum absolute atomic E-state index is 0.0469. The molecule has 1 heterocycles. The number of hydrogen-bond donors (Lipinski definition) is 3. The van der Waals surface area contributed by atoms with Gasteiger partial charge >= 0.3 is 0 Å². The van der Waals surface area contributed by atoms with Gasteiger partial charge in [-0.2, -0.15) is 0 Å². The highest BCUT2D eigenvalue weighted by atomic mass is 16.1. The highest BCUT2D eigenvalue weighted by molar-refractivity contribution is 5.81. The number of anilines is 2. The van der Waals surface area contributed by atoms with Gasteiger partial charge < -0.3 is 16.0 Å². The molecule has 0 saturated carbocycles. The molecule has 0 atom stereocenters. The molecule has 19 heavy (non-hydrogen) atoms. The van der Waals surface area contributed by atoms with Gasteiger partial charge in [0.1, 0.15) is 18.0 Å². The molecule has 0 unspecified atom stereocenters. The third kappa shape index (κ3) is 4.39. The van der Waals surface area contributed by atoms with E-state index in [9.17, 15) is 4.79 Å². The lowest BCUT2D eigenvalue weighted by Crippen LogP contribution is -2.35. The van der Waals surface area contributed by atoms with Crippen LogP contribution in [0.25, 0.3) is 0 Å². The molecule has 1 aromatic rings. The van der Waals surface area contributed by atoms with Gasteiger partial charge in [-0.25, -0.2) is 9.97 Å². The predicted octanol–water partition coefficient (Wildman–Crippen LogP) is 1.58. The number of aromatic nitrogens is 2. The average molecular weight is 265 g/mol. The lowest BCUT2D eigenvalue weighted by Gasteiger charge is -2.16. The van der Waals surface area contributed by atoms with Gasteiger partial charge in [0, 0.05) is 18.7 Å². The van der Waals surface area contributed by atoms with Crippen LogP contribution < -0.4 is 16.0 Å². The largest absolute Gasteiger partial charge is 0.373 e. The summed E-state index contributed by atoms with van der Waals surface area (Å²) in [5, 5.41) is 8.95. The molecule has 106 valence electrons. The topological polar surface area (TPSA) is 78.9 Å². The number of nitrogens with one attached hydrogen (secondary N) is 3. The molecule has 0 fully saturated rings. The summed E-state index contributed by atoms with van der Waals surface area (Å²) in [5.74, 6) is 1.71. The van der Waals surface area contributed by atoms with Crippen LogP contribution in [-0.2, 0) is 4.79 Å². The Kier molecular flexibility index (Phi) is 5.54. The molecule has 0 bridgehead atoms. The molecule has 3 N–H and O–H groups in total. The Morgan fingerprint density at radius 3 is 2.37 bits per heavy atom. The molecule has 1 amide bonds. The fourth-order valence-electron chi connectivity index (χ4n) is 1.82. The molecule has 6 nitrogen and oxygen atoms in total. The summed E-state index contributed by atoms with van der Waals surface area (Å²) in [6.07, 6.45) is 1.49. The van der Waals surface area contributed by atoms with E-state index >= 15 is 0 Å². The second-order valence-electron chi connectivity index (χ2n) is 4.97. The van der Waals surface area contributed by atoms with Crippen molar-refractivity contribution >= 4 is 17.5 Å². The van der Waals surface area contributed by atoms with Crippen molar-refractivity contribution in [2.24, 2.45) is 0 Å². The van der Waals surface area contributed by atoms with Crippen molar-refractivity contribution in [3.05, 3.63) is 11.9 Å². The second-order valence-corrected chi connectivity index (χ2v) is 4.97. The Hall–Kier alpha value is -1.85. The van der Waals surface area contributed by atoms with Gasteiger partial charge in [-0.05, 0) is 19.8 Å². The van der Waals surface area contributed by atoms with Crippen LogP contribution in [-0.4, -0.2) is 35.5 Å². The number of rotatable bonds is 6. The maximum absolute atomic E-state index is 11.6. The van der Waals surface area contributed by atoms with Crippen LogP contribution in [0.2, 0.25) is 0 Å². The molecule has 6 heteroatoms. The summed E-state index contributed by atoms with van der Waals surface area (Å²) in [6, 6.07) is 0.136. The highest BCUT2D eigenvalue weighted by Gasteiger charge is 2.14. The van der Waals surface area contributed by atoms with Crippen LogP contribution in [0.1, 0.15) is 39.2 Å². The molecule has 1 aromatic heterocycles. The van der Waals surface area contributed by atoms with Gasteiger partial charge in [-0.3, -0.25) is 4.79 Å². The molecule has 1 rings (SSSR count). The number of carbonyl (C=O) groups is 1. The normalized spacial score (nSPS) is 10.7. The minimum atomic E-state index is -0.0469. The van der Waals surface area contributed by atoms with E-state index in [1.165, 1.54) is 6.33 Å². The number of amides is 1. The van der Waals surface area contributed by atoms with Crippen molar-refractivity contribution in [2.75, 3.05) is 24.2 Å². The first kappa shape index (κ1) is 15.2. The van der Waals surface area contributed by atoms with Gasteiger partial charge in [0.15, 0.2) is 0 Å². The Bertz CT molecular complexity index is 431. The van der Waals surface area contributed by atoms with Crippen LogP contribution in [0.5, 0.6) is 0 Å². The lowest BCUT2D eigenvalue weighted by atomic mass is 10.0. The number of hydrogen-bond acceptors (Lipinski definition) is 5. The standard InChI is InChI=1S/C13H23N5O/c1-8(2)11-12(14-5)16-7-17-13(11)15-6-10(19)18-9(3)4/h7-9H,6H2,1-5H3,(H,18,19)(H2,14,15,16,17). The quantitative estimate of drug-likeness (QED) is 0.728. The van der Waals surface area contributed by atoms with Crippen LogP contribution >= 0.6 is 0 Å². The zero-order valence-electron chi connectivity index (χ0n) is 12.2. The smallest absolute Gasteiger partial charge is 0.239 e. The van der Waals surface area contributed by atoms with E-state index in [1.807, 2.05) is 20.9 Å². The molecule has 0 radical (unpaired) electrons. The molecule has 0 aliphatic rings. The van der Waals surface area contributed by atoms with Crippen LogP contribution in [0.3, 0.4) is 0 Å². The first-order chi connectivity index (χ1) is 8.95. The van der Waals surface area contributed by atoms with E-state index in [0.29, 0.717) is 5.82 Å². The van der Waals surface area contributed by atoms with Crippen molar-refractivity contribution in [3.8, 4) is 0 Å². The molecule has 0 saturated heterocycles. The maximum Gasteiger partial charge on any atom is 0.239 e. The zero-order valence-corrected chi connectivity index (χ0v) is 12.2. The Balaban J connectivity index is 2.80. The summed E-state index contributed by atoms with van der Waals surface area (Å²) in [5.41, 5.74) is 0.988. The van der Waals surface area contributed by atoms with Crippen molar-refractivity contribution in [3.63, 3.8) is 0 Å². The summed E-state index contributed by atoms with van der Waals surface area (Å²) in [4.78, 5) is 20.0. The SMILES string of the molecule is CNc1ncnc(NCC(=O)NC(C)C)c1C(C)C. The molecule has 0 spiro atoms. The average Bonchev–Trinajstić information content (AvgIpc) is 2.34. The first-order valence-corrected chi connectivity index (χ1v) is 6.51. The third-order valence-corrected chi connectivity index (χ3v) is 2.56. The van der Waals surface area contributed by atoms with Crippen LogP contribution in [0, 0.1) is 0 Å². The van der Waals surface area contributed by atoms with Gasteiger partial charge in [-0.1, -0.05) is 13.8 Å². The Morgan fingerprint density at radius 2 is 1.84 bits per heavy atom. The highest BCUT2D eigenvalue weighted by Crippen LogP contribution is 2.27. The Morgan fingerprint density at radius 1 is 1.21 bits per heavy atom. The molecule has 0 aromatic carbocycles. The van der Waals surface area contributed by atoms with E-state index in [0.717, 1.165) is 11.4 Å². The van der Waals surface area contributed by atoms with E-state index < -0.39 is 0 Å². The fourth-order valence-corrected chi connectivity index (χ4v) is 1.82. The first-order valence-electron chi connectivity index (χ1n) is 6.51. The van der Waals surface area contributed by atoms with Crippen molar-refractivity contribution in [1.82, 2.24) is 15.3 Å². The molecule has 0 aliphatic heterocycles. The summed E-state index contributed by atoms with van der Waals surface area (Å²) in [7, 11) is 1.82. The van der Waals surface area contributed by atoms with E-state index in [4.69, 9.17) is 0 Å². The van der Waals surface area contributed by atoms with Crippen LogP contribution in [0.4, 0.5) is 11.6 Å². The third-order valence-electron chi connectivity index (χ3n) is 2.56.